The first-order valence-corrected chi connectivity index (χ1v) is 8.11. The van der Waals surface area contributed by atoms with Crippen molar-refractivity contribution in [3.8, 4) is 11.8 Å². The fraction of sp³-hybridized carbons (Fsp3) is 0.818. The molecule has 0 aliphatic rings. The van der Waals surface area contributed by atoms with E-state index in [-0.39, 0.29) is 6.10 Å². The lowest BCUT2D eigenvalue weighted by molar-refractivity contribution is 0.149. The molecule has 2 nitrogen and oxygen atoms in total. The Morgan fingerprint density at radius 3 is 2.36 bits per heavy atom. The summed E-state index contributed by atoms with van der Waals surface area (Å²) < 4.78 is 11.6. The third-order valence-corrected chi connectivity index (χ3v) is 3.51. The van der Waals surface area contributed by atoms with Crippen LogP contribution in [0.3, 0.4) is 0 Å². The Labute approximate surface area is 89.2 Å². The van der Waals surface area contributed by atoms with Crippen molar-refractivity contribution >= 4 is 8.56 Å². The molecule has 0 aromatic carbocycles. The van der Waals surface area contributed by atoms with Crippen molar-refractivity contribution in [2.45, 2.75) is 52.8 Å². The van der Waals surface area contributed by atoms with Crippen molar-refractivity contribution in [3.63, 3.8) is 0 Å². The van der Waals surface area contributed by atoms with E-state index in [4.69, 9.17) is 8.85 Å². The summed E-state index contributed by atoms with van der Waals surface area (Å²) >= 11 is 0. The Morgan fingerprint density at radius 1 is 1.29 bits per heavy atom. The highest BCUT2D eigenvalue weighted by molar-refractivity contribution is 6.64. The lowest BCUT2D eigenvalue weighted by Gasteiger charge is -2.25. The maximum atomic E-state index is 5.87. The van der Waals surface area contributed by atoms with Crippen molar-refractivity contribution in [2.24, 2.45) is 0 Å². The van der Waals surface area contributed by atoms with Gasteiger partial charge < -0.3 is 8.85 Å². The van der Waals surface area contributed by atoms with Gasteiger partial charge in [-0.2, -0.15) is 0 Å². The Bertz CT molecular complexity index is 203. The molecule has 0 aliphatic carbocycles. The lowest BCUT2D eigenvalue weighted by Crippen LogP contribution is -2.38. The molecule has 0 bridgehead atoms. The van der Waals surface area contributed by atoms with Gasteiger partial charge in [-0.05, 0) is 32.9 Å². The van der Waals surface area contributed by atoms with Crippen LogP contribution in [-0.4, -0.2) is 21.3 Å². The van der Waals surface area contributed by atoms with Crippen molar-refractivity contribution in [1.29, 1.82) is 0 Å². The van der Waals surface area contributed by atoms with Crippen molar-refractivity contribution < 1.29 is 8.85 Å². The van der Waals surface area contributed by atoms with E-state index in [1.165, 1.54) is 0 Å². The Morgan fingerprint density at radius 2 is 1.93 bits per heavy atom. The van der Waals surface area contributed by atoms with Gasteiger partial charge in [0.25, 0.3) is 0 Å². The fourth-order valence-electron chi connectivity index (χ4n) is 1.10. The zero-order chi connectivity index (χ0) is 11.0. The van der Waals surface area contributed by atoms with E-state index in [0.717, 1.165) is 19.4 Å². The molecule has 0 fully saturated rings. The average molecular weight is 214 g/mol. The summed E-state index contributed by atoms with van der Waals surface area (Å²) in [5.41, 5.74) is 0. The van der Waals surface area contributed by atoms with Crippen molar-refractivity contribution in [3.05, 3.63) is 0 Å². The summed E-state index contributed by atoms with van der Waals surface area (Å²) in [6.45, 7) is 11.0. The second-order valence-corrected chi connectivity index (χ2v) is 6.98. The summed E-state index contributed by atoms with van der Waals surface area (Å²) in [6.07, 6.45) is 2.00. The summed E-state index contributed by atoms with van der Waals surface area (Å²) in [6, 6.07) is 0. The van der Waals surface area contributed by atoms with Gasteiger partial charge in [-0.3, -0.25) is 0 Å². The van der Waals surface area contributed by atoms with E-state index in [2.05, 4.69) is 38.8 Å². The molecule has 0 aromatic rings. The molecule has 0 spiro atoms. The van der Waals surface area contributed by atoms with Crippen LogP contribution in [0.5, 0.6) is 0 Å². The first-order chi connectivity index (χ1) is 6.55. The summed E-state index contributed by atoms with van der Waals surface area (Å²) in [4.78, 5) is 0. The average Bonchev–Trinajstić information content (AvgIpc) is 2.14. The molecule has 0 radical (unpaired) electrons. The van der Waals surface area contributed by atoms with Crippen LogP contribution in [0.4, 0.5) is 0 Å². The number of hydrogen-bond acceptors (Lipinski definition) is 2. The Balaban J connectivity index is 4.07. The predicted molar refractivity (Wildman–Crippen MR) is 62.3 cm³/mol. The van der Waals surface area contributed by atoms with E-state index in [0.29, 0.717) is 0 Å². The van der Waals surface area contributed by atoms with Crippen molar-refractivity contribution in [1.82, 2.24) is 0 Å². The topological polar surface area (TPSA) is 18.5 Å². The lowest BCUT2D eigenvalue weighted by atomic mass is 10.3. The van der Waals surface area contributed by atoms with Crippen LogP contribution in [-0.2, 0) is 8.85 Å². The van der Waals surface area contributed by atoms with Gasteiger partial charge >= 0.3 is 8.56 Å². The third-order valence-electron chi connectivity index (χ3n) is 1.76. The molecule has 0 aromatic heterocycles. The summed E-state index contributed by atoms with van der Waals surface area (Å²) in [5.74, 6) is 5.94. The fourth-order valence-corrected chi connectivity index (χ4v) is 2.77. The van der Waals surface area contributed by atoms with Gasteiger partial charge in [0, 0.05) is 6.61 Å². The van der Waals surface area contributed by atoms with Crippen LogP contribution in [0.25, 0.3) is 0 Å². The molecule has 0 amide bonds. The molecule has 0 N–H and O–H groups in total. The molecule has 82 valence electrons. The van der Waals surface area contributed by atoms with Gasteiger partial charge in [0.2, 0.25) is 0 Å². The maximum Gasteiger partial charge on any atom is 0.332 e. The minimum Gasteiger partial charge on any atom is -0.394 e. The summed E-state index contributed by atoms with van der Waals surface area (Å²) in [5, 5.41) is 0. The first kappa shape index (κ1) is 13.7. The standard InChI is InChI=1S/C11H22O2Si/c1-6-9-11(8-3)13-14(4,5)12-10-7-2/h11H,7-8,10H2,1-5H3. The van der Waals surface area contributed by atoms with Crippen LogP contribution in [0.2, 0.25) is 13.1 Å². The molecular weight excluding hydrogens is 192 g/mol. The molecule has 1 unspecified atom stereocenters. The monoisotopic (exact) mass is 214 g/mol. The quantitative estimate of drug-likeness (QED) is 0.500. The molecule has 14 heavy (non-hydrogen) atoms. The smallest absolute Gasteiger partial charge is 0.332 e. The zero-order valence-corrected chi connectivity index (χ0v) is 11.0. The van der Waals surface area contributed by atoms with Crippen LogP contribution in [0.1, 0.15) is 33.6 Å². The highest BCUT2D eigenvalue weighted by Crippen LogP contribution is 2.11. The van der Waals surface area contributed by atoms with Crippen LogP contribution < -0.4 is 0 Å². The van der Waals surface area contributed by atoms with Crippen LogP contribution in [0.15, 0.2) is 0 Å². The molecule has 0 saturated carbocycles. The van der Waals surface area contributed by atoms with Gasteiger partial charge in [-0.1, -0.05) is 19.8 Å². The van der Waals surface area contributed by atoms with E-state index < -0.39 is 8.56 Å². The number of rotatable bonds is 6. The second kappa shape index (κ2) is 7.05. The van der Waals surface area contributed by atoms with Crippen LogP contribution >= 0.6 is 0 Å². The van der Waals surface area contributed by atoms with E-state index in [1.54, 1.807) is 0 Å². The minimum atomic E-state index is -1.95. The SMILES string of the molecule is CC#CC(CC)O[Si](C)(C)OCCC. The van der Waals surface area contributed by atoms with Gasteiger partial charge in [0.05, 0.1) is 0 Å². The highest BCUT2D eigenvalue weighted by Gasteiger charge is 2.27. The normalized spacial score (nSPS) is 13.2. The minimum absolute atomic E-state index is 0.0403. The van der Waals surface area contributed by atoms with E-state index in [1.807, 2.05) is 6.92 Å². The Hall–Kier alpha value is -0.303. The largest absolute Gasteiger partial charge is 0.394 e. The molecule has 1 atom stereocenters. The highest BCUT2D eigenvalue weighted by atomic mass is 28.4. The van der Waals surface area contributed by atoms with Gasteiger partial charge in [0.15, 0.2) is 0 Å². The maximum absolute atomic E-state index is 5.87. The summed E-state index contributed by atoms with van der Waals surface area (Å²) in [7, 11) is -1.95. The molecule has 3 heteroatoms. The van der Waals surface area contributed by atoms with Crippen LogP contribution in [0, 0.1) is 11.8 Å². The third kappa shape index (κ3) is 6.20. The first-order valence-electron chi connectivity index (χ1n) is 5.29. The van der Waals surface area contributed by atoms with E-state index >= 15 is 0 Å². The van der Waals surface area contributed by atoms with Crippen molar-refractivity contribution in [2.75, 3.05) is 6.61 Å². The van der Waals surface area contributed by atoms with Gasteiger partial charge in [-0.15, -0.1) is 5.92 Å². The van der Waals surface area contributed by atoms with E-state index in [9.17, 15) is 0 Å². The second-order valence-electron chi connectivity index (χ2n) is 3.66. The van der Waals surface area contributed by atoms with Gasteiger partial charge in [0.1, 0.15) is 6.10 Å². The molecule has 0 heterocycles. The molecule has 0 aliphatic heterocycles. The molecule has 0 rings (SSSR count). The molecule has 0 saturated heterocycles. The molecular formula is C11H22O2Si. The predicted octanol–water partition coefficient (Wildman–Crippen LogP) is 2.93. The number of hydrogen-bond donors (Lipinski definition) is 0. The zero-order valence-electron chi connectivity index (χ0n) is 10.0. The Kier molecular flexibility index (Phi) is 6.90. The van der Waals surface area contributed by atoms with Gasteiger partial charge in [-0.25, -0.2) is 0 Å².